The number of rotatable bonds is 6. The first kappa shape index (κ1) is 22.1. The average molecular weight is 459 g/mol. The summed E-state index contributed by atoms with van der Waals surface area (Å²) in [6, 6.07) is 12.8. The van der Waals surface area contributed by atoms with Crippen LogP contribution in [0.4, 0.5) is 26.2 Å². The number of amides is 1. The molecular weight excluding hydrogens is 431 g/mol. The third-order valence-corrected chi connectivity index (χ3v) is 5.89. The number of benzene rings is 2. The normalized spacial score (nSPS) is 18.5. The van der Waals surface area contributed by atoms with E-state index in [1.165, 1.54) is 11.0 Å². The third-order valence-electron chi connectivity index (χ3n) is 5.74. The van der Waals surface area contributed by atoms with Crippen LogP contribution in [-0.2, 0) is 4.74 Å². The van der Waals surface area contributed by atoms with Crippen molar-refractivity contribution in [2.75, 3.05) is 61.1 Å². The minimum Gasteiger partial charge on any atom is -0.495 e. The minimum atomic E-state index is -0.476. The lowest BCUT2D eigenvalue weighted by Crippen LogP contribution is -2.47. The van der Waals surface area contributed by atoms with Crippen molar-refractivity contribution in [3.05, 3.63) is 48.3 Å². The number of nitrogens with one attached hydrogen (secondary N) is 1. The SMILES string of the molecule is COc1ccccc1N1CCN(c2ccc(N3C[C@H](CNC(C)=S)OC3=O)cc2F)CC1. The van der Waals surface area contributed by atoms with E-state index in [0.717, 1.165) is 24.5 Å². The number of para-hydroxylation sites is 2. The first-order valence-corrected chi connectivity index (χ1v) is 11.0. The molecule has 2 saturated heterocycles. The third kappa shape index (κ3) is 4.72. The van der Waals surface area contributed by atoms with E-state index in [4.69, 9.17) is 21.7 Å². The van der Waals surface area contributed by atoms with Gasteiger partial charge in [-0.15, -0.1) is 0 Å². The van der Waals surface area contributed by atoms with E-state index in [1.54, 1.807) is 26.2 Å². The van der Waals surface area contributed by atoms with Crippen LogP contribution < -0.4 is 24.8 Å². The maximum Gasteiger partial charge on any atom is 0.414 e. The van der Waals surface area contributed by atoms with Gasteiger partial charge in [0.05, 0.1) is 42.2 Å². The molecule has 1 N–H and O–H groups in total. The molecule has 2 aromatic carbocycles. The lowest BCUT2D eigenvalue weighted by Gasteiger charge is -2.38. The summed E-state index contributed by atoms with van der Waals surface area (Å²) in [5.41, 5.74) is 2.08. The summed E-state index contributed by atoms with van der Waals surface area (Å²) in [6.07, 6.45) is -0.803. The zero-order valence-corrected chi connectivity index (χ0v) is 19.0. The number of carbonyl (C=O) groups excluding carboxylic acids is 1. The summed E-state index contributed by atoms with van der Waals surface area (Å²) in [4.78, 5) is 18.6. The van der Waals surface area contributed by atoms with Crippen LogP contribution in [0.5, 0.6) is 5.75 Å². The Kier molecular flexibility index (Phi) is 6.64. The summed E-state index contributed by atoms with van der Waals surface area (Å²) in [6.45, 7) is 5.45. The number of hydrogen-bond donors (Lipinski definition) is 1. The van der Waals surface area contributed by atoms with E-state index < -0.39 is 6.09 Å². The zero-order valence-electron chi connectivity index (χ0n) is 18.2. The average Bonchev–Trinajstić information content (AvgIpc) is 3.18. The molecule has 0 aromatic heterocycles. The smallest absolute Gasteiger partial charge is 0.414 e. The van der Waals surface area contributed by atoms with Gasteiger partial charge >= 0.3 is 6.09 Å². The van der Waals surface area contributed by atoms with E-state index in [1.807, 2.05) is 29.2 Å². The molecule has 32 heavy (non-hydrogen) atoms. The molecule has 170 valence electrons. The second-order valence-electron chi connectivity index (χ2n) is 7.84. The van der Waals surface area contributed by atoms with Gasteiger partial charge in [0.25, 0.3) is 0 Å². The van der Waals surface area contributed by atoms with Crippen molar-refractivity contribution in [2.45, 2.75) is 13.0 Å². The van der Waals surface area contributed by atoms with Crippen molar-refractivity contribution in [1.82, 2.24) is 5.32 Å². The van der Waals surface area contributed by atoms with Crippen LogP contribution in [-0.4, -0.2) is 63.6 Å². The molecule has 0 bridgehead atoms. The zero-order chi connectivity index (χ0) is 22.7. The van der Waals surface area contributed by atoms with Crippen molar-refractivity contribution in [2.24, 2.45) is 0 Å². The van der Waals surface area contributed by atoms with Gasteiger partial charge in [-0.2, -0.15) is 0 Å². The molecule has 1 atom stereocenters. The predicted octanol–water partition coefficient (Wildman–Crippen LogP) is 3.42. The molecular formula is C23H27FN4O3S. The summed E-state index contributed by atoms with van der Waals surface area (Å²) >= 11 is 4.99. The largest absolute Gasteiger partial charge is 0.495 e. The number of halogens is 1. The maximum absolute atomic E-state index is 15.0. The van der Waals surface area contributed by atoms with Crippen LogP contribution in [0.25, 0.3) is 0 Å². The first-order valence-electron chi connectivity index (χ1n) is 10.6. The molecule has 9 heteroatoms. The molecule has 2 fully saturated rings. The van der Waals surface area contributed by atoms with Gasteiger partial charge in [-0.1, -0.05) is 24.4 Å². The molecule has 1 amide bonds. The molecule has 0 radical (unpaired) electrons. The Morgan fingerprint density at radius 1 is 1.16 bits per heavy atom. The molecule has 4 rings (SSSR count). The highest BCUT2D eigenvalue weighted by atomic mass is 32.1. The summed E-state index contributed by atoms with van der Waals surface area (Å²) in [7, 11) is 1.67. The second kappa shape index (κ2) is 9.60. The molecule has 0 spiro atoms. The fourth-order valence-electron chi connectivity index (χ4n) is 4.10. The van der Waals surface area contributed by atoms with Gasteiger partial charge in [0.2, 0.25) is 0 Å². The Hall–Kier alpha value is -3.07. The Labute approximate surface area is 192 Å². The molecule has 0 aliphatic carbocycles. The fourth-order valence-corrected chi connectivity index (χ4v) is 4.18. The van der Waals surface area contributed by atoms with Crippen molar-refractivity contribution < 1.29 is 18.7 Å². The topological polar surface area (TPSA) is 57.3 Å². The van der Waals surface area contributed by atoms with Crippen LogP contribution in [0, 0.1) is 5.82 Å². The quantitative estimate of drug-likeness (QED) is 0.666. The predicted molar refractivity (Wildman–Crippen MR) is 128 cm³/mol. The van der Waals surface area contributed by atoms with Crippen LogP contribution in [0.3, 0.4) is 0 Å². The van der Waals surface area contributed by atoms with E-state index in [-0.39, 0.29) is 11.9 Å². The number of carbonyl (C=O) groups is 1. The van der Waals surface area contributed by atoms with E-state index in [2.05, 4.69) is 10.2 Å². The van der Waals surface area contributed by atoms with Gasteiger partial charge in [-0.3, -0.25) is 4.90 Å². The van der Waals surface area contributed by atoms with E-state index >= 15 is 4.39 Å². The summed E-state index contributed by atoms with van der Waals surface area (Å²) < 4.78 is 25.8. The highest BCUT2D eigenvalue weighted by molar-refractivity contribution is 7.80. The number of piperazine rings is 1. The lowest BCUT2D eigenvalue weighted by molar-refractivity contribution is 0.143. The van der Waals surface area contributed by atoms with Crippen molar-refractivity contribution >= 4 is 40.4 Å². The van der Waals surface area contributed by atoms with Gasteiger partial charge in [-0.05, 0) is 37.3 Å². The van der Waals surface area contributed by atoms with Crippen molar-refractivity contribution in [3.63, 3.8) is 0 Å². The van der Waals surface area contributed by atoms with E-state index in [9.17, 15) is 4.79 Å². The van der Waals surface area contributed by atoms with Crippen LogP contribution in [0.1, 0.15) is 6.92 Å². The number of anilines is 3. The Bertz CT molecular complexity index is 997. The van der Waals surface area contributed by atoms with Gasteiger partial charge in [0.15, 0.2) is 0 Å². The molecule has 2 aromatic rings. The maximum atomic E-state index is 15.0. The number of hydrogen-bond acceptors (Lipinski definition) is 6. The number of ether oxygens (including phenoxy) is 2. The van der Waals surface area contributed by atoms with Crippen LogP contribution >= 0.6 is 12.2 Å². The Morgan fingerprint density at radius 3 is 2.50 bits per heavy atom. The first-order chi connectivity index (χ1) is 15.5. The fraction of sp³-hybridized carbons (Fsp3) is 0.391. The van der Waals surface area contributed by atoms with Gasteiger partial charge in [0.1, 0.15) is 17.7 Å². The number of nitrogens with zero attached hydrogens (tertiary/aromatic N) is 3. The highest BCUT2D eigenvalue weighted by Crippen LogP contribution is 2.31. The number of cyclic esters (lactones) is 1. The molecule has 0 saturated carbocycles. The summed E-state index contributed by atoms with van der Waals surface area (Å²) in [5.74, 6) is 0.487. The standard InChI is InChI=1S/C23H27FN4O3S/c1-16(32)25-14-18-15-28(23(29)31-18)17-7-8-20(19(24)13-17)26-9-11-27(12-10-26)21-5-3-4-6-22(21)30-2/h3-8,13,18H,9-12,14-15H2,1-2H3,(H,25,32)/t18-/m0/s1. The Morgan fingerprint density at radius 2 is 1.84 bits per heavy atom. The minimum absolute atomic E-state index is 0.328. The molecule has 2 aliphatic rings. The van der Waals surface area contributed by atoms with Crippen LogP contribution in [0.2, 0.25) is 0 Å². The summed E-state index contributed by atoms with van der Waals surface area (Å²) in [5, 5.41) is 3.00. The molecule has 2 heterocycles. The monoisotopic (exact) mass is 458 g/mol. The number of thiocarbonyl (C=S) groups is 1. The molecule has 2 aliphatic heterocycles. The van der Waals surface area contributed by atoms with Gasteiger partial charge in [0, 0.05) is 26.2 Å². The van der Waals surface area contributed by atoms with Gasteiger partial charge < -0.3 is 24.6 Å². The highest BCUT2D eigenvalue weighted by Gasteiger charge is 2.33. The van der Waals surface area contributed by atoms with E-state index in [0.29, 0.717) is 42.5 Å². The van der Waals surface area contributed by atoms with Gasteiger partial charge in [-0.25, -0.2) is 9.18 Å². The molecule has 7 nitrogen and oxygen atoms in total. The van der Waals surface area contributed by atoms with Crippen molar-refractivity contribution in [3.8, 4) is 5.75 Å². The lowest BCUT2D eigenvalue weighted by atomic mass is 10.2. The number of methoxy groups -OCH3 is 1. The van der Waals surface area contributed by atoms with Crippen LogP contribution in [0.15, 0.2) is 42.5 Å². The van der Waals surface area contributed by atoms with Crippen molar-refractivity contribution in [1.29, 1.82) is 0 Å². The molecule has 0 unspecified atom stereocenters. The Balaban J connectivity index is 1.40. The second-order valence-corrected chi connectivity index (χ2v) is 8.45.